The highest BCUT2D eigenvalue weighted by atomic mass is 15.0. The summed E-state index contributed by atoms with van der Waals surface area (Å²) in [5.74, 6) is 0.505. The van der Waals surface area contributed by atoms with Gasteiger partial charge in [0.1, 0.15) is 0 Å². The van der Waals surface area contributed by atoms with Crippen molar-refractivity contribution in [2.45, 2.75) is 25.7 Å². The van der Waals surface area contributed by atoms with E-state index in [0.29, 0.717) is 0 Å². The number of benzene rings is 2. The fourth-order valence-corrected chi connectivity index (χ4v) is 4.77. The molecule has 0 fully saturated rings. The van der Waals surface area contributed by atoms with Gasteiger partial charge in [-0.1, -0.05) is 48.5 Å². The van der Waals surface area contributed by atoms with Crippen molar-refractivity contribution in [1.82, 2.24) is 19.9 Å². The smallest absolute Gasteiger partial charge is 0.221 e. The van der Waals surface area contributed by atoms with Crippen molar-refractivity contribution in [3.63, 3.8) is 0 Å². The molecule has 6 nitrogen and oxygen atoms in total. The van der Waals surface area contributed by atoms with Crippen LogP contribution in [-0.2, 0) is 25.7 Å². The molecule has 0 amide bonds. The first-order valence-electron chi connectivity index (χ1n) is 10.2. The molecule has 6 heteroatoms. The second-order valence-corrected chi connectivity index (χ2v) is 7.83. The van der Waals surface area contributed by atoms with E-state index in [1.807, 2.05) is 12.1 Å². The minimum atomic E-state index is 0.252. The molecule has 2 aromatic heterocycles. The molecule has 2 aliphatic carbocycles. The van der Waals surface area contributed by atoms with Crippen molar-refractivity contribution in [3.8, 4) is 33.9 Å². The topological polar surface area (TPSA) is 104 Å². The quantitative estimate of drug-likeness (QED) is 0.513. The Kier molecular flexibility index (Phi) is 3.62. The second-order valence-electron chi connectivity index (χ2n) is 7.83. The molecule has 4 N–H and O–H groups in total. The monoisotopic (exact) mass is 392 g/mol. The third-order valence-electron chi connectivity index (χ3n) is 6.11. The summed E-state index contributed by atoms with van der Waals surface area (Å²) in [6.45, 7) is 0. The summed E-state index contributed by atoms with van der Waals surface area (Å²) in [6.07, 6.45) is 3.57. The summed E-state index contributed by atoms with van der Waals surface area (Å²) in [5.41, 5.74) is 22.7. The SMILES string of the molecule is Nc1nc2c(c(-c3nc(N)nc4c3CCc3ccccc3-4)n1)CCc1ccccc1-2. The van der Waals surface area contributed by atoms with Crippen LogP contribution in [-0.4, -0.2) is 19.9 Å². The molecule has 146 valence electrons. The molecule has 2 heterocycles. The Bertz CT molecular complexity index is 1220. The van der Waals surface area contributed by atoms with Crippen LogP contribution in [0.25, 0.3) is 33.9 Å². The van der Waals surface area contributed by atoms with Crippen LogP contribution in [0.2, 0.25) is 0 Å². The Morgan fingerprint density at radius 1 is 0.500 bits per heavy atom. The van der Waals surface area contributed by atoms with Gasteiger partial charge in [-0.25, -0.2) is 19.9 Å². The summed E-state index contributed by atoms with van der Waals surface area (Å²) in [7, 11) is 0. The van der Waals surface area contributed by atoms with Gasteiger partial charge in [-0.05, 0) is 36.8 Å². The first kappa shape index (κ1) is 17.1. The van der Waals surface area contributed by atoms with Crippen molar-refractivity contribution in [2.24, 2.45) is 0 Å². The lowest BCUT2D eigenvalue weighted by atomic mass is 9.84. The van der Waals surface area contributed by atoms with Crippen LogP contribution in [0, 0.1) is 0 Å². The van der Waals surface area contributed by atoms with E-state index < -0.39 is 0 Å². The Balaban J connectivity index is 1.63. The summed E-state index contributed by atoms with van der Waals surface area (Å²) >= 11 is 0. The Labute approximate surface area is 174 Å². The minimum Gasteiger partial charge on any atom is -0.368 e. The van der Waals surface area contributed by atoms with Crippen molar-refractivity contribution in [2.75, 3.05) is 11.5 Å². The highest BCUT2D eigenvalue weighted by molar-refractivity contribution is 5.82. The van der Waals surface area contributed by atoms with Gasteiger partial charge in [0.25, 0.3) is 0 Å². The molecule has 0 aliphatic heterocycles. The first-order valence-corrected chi connectivity index (χ1v) is 10.2. The van der Waals surface area contributed by atoms with Crippen LogP contribution in [0.3, 0.4) is 0 Å². The van der Waals surface area contributed by atoms with Crippen molar-refractivity contribution in [1.29, 1.82) is 0 Å². The van der Waals surface area contributed by atoms with Gasteiger partial charge < -0.3 is 11.5 Å². The number of aromatic nitrogens is 4. The summed E-state index contributed by atoms with van der Waals surface area (Å²) in [5, 5.41) is 0. The molecule has 0 atom stereocenters. The molecule has 0 radical (unpaired) electrons. The Morgan fingerprint density at radius 2 is 0.900 bits per heavy atom. The van der Waals surface area contributed by atoms with Gasteiger partial charge in [-0.2, -0.15) is 0 Å². The van der Waals surface area contributed by atoms with Crippen LogP contribution in [0.1, 0.15) is 22.3 Å². The molecular weight excluding hydrogens is 372 g/mol. The second kappa shape index (κ2) is 6.35. The first-order chi connectivity index (χ1) is 14.7. The molecule has 0 saturated carbocycles. The number of fused-ring (bicyclic) bond motifs is 6. The van der Waals surface area contributed by atoms with E-state index in [9.17, 15) is 0 Å². The number of nitrogen functional groups attached to an aromatic ring is 2. The fraction of sp³-hybridized carbons (Fsp3) is 0.167. The number of hydrogen-bond donors (Lipinski definition) is 2. The van der Waals surface area contributed by atoms with Crippen molar-refractivity contribution < 1.29 is 0 Å². The molecule has 6 rings (SSSR count). The highest BCUT2D eigenvalue weighted by Gasteiger charge is 2.28. The normalized spacial score (nSPS) is 13.7. The lowest BCUT2D eigenvalue weighted by Crippen LogP contribution is -2.15. The zero-order chi connectivity index (χ0) is 20.2. The van der Waals surface area contributed by atoms with Gasteiger partial charge >= 0.3 is 0 Å². The predicted octanol–water partition coefficient (Wildman–Crippen LogP) is 3.63. The third-order valence-corrected chi connectivity index (χ3v) is 6.11. The predicted molar refractivity (Wildman–Crippen MR) is 118 cm³/mol. The van der Waals surface area contributed by atoms with Gasteiger partial charge in [0.2, 0.25) is 11.9 Å². The maximum atomic E-state index is 6.17. The highest BCUT2D eigenvalue weighted by Crippen LogP contribution is 2.41. The van der Waals surface area contributed by atoms with E-state index in [2.05, 4.69) is 56.3 Å². The Hall–Kier alpha value is -3.80. The molecule has 0 unspecified atom stereocenters. The molecular formula is C24H20N6. The summed E-state index contributed by atoms with van der Waals surface area (Å²) < 4.78 is 0. The van der Waals surface area contributed by atoms with E-state index in [1.54, 1.807) is 0 Å². The molecule has 2 aliphatic rings. The number of rotatable bonds is 1. The van der Waals surface area contributed by atoms with Gasteiger partial charge in [0.05, 0.1) is 22.8 Å². The van der Waals surface area contributed by atoms with Crippen molar-refractivity contribution >= 4 is 11.9 Å². The lowest BCUT2D eigenvalue weighted by Gasteiger charge is -2.24. The minimum absolute atomic E-state index is 0.252. The number of anilines is 2. The molecule has 0 spiro atoms. The molecule has 0 saturated heterocycles. The van der Waals surface area contributed by atoms with Crippen LogP contribution in [0.15, 0.2) is 48.5 Å². The maximum Gasteiger partial charge on any atom is 0.221 e. The summed E-state index contributed by atoms with van der Waals surface area (Å²) in [4.78, 5) is 18.5. The fourth-order valence-electron chi connectivity index (χ4n) is 4.77. The number of nitrogens with zero attached hydrogens (tertiary/aromatic N) is 4. The summed E-state index contributed by atoms with van der Waals surface area (Å²) in [6, 6.07) is 16.7. The van der Waals surface area contributed by atoms with E-state index in [0.717, 1.165) is 70.7 Å². The lowest BCUT2D eigenvalue weighted by molar-refractivity contribution is 0.896. The van der Waals surface area contributed by atoms with Crippen molar-refractivity contribution in [3.05, 3.63) is 70.8 Å². The average molecular weight is 392 g/mol. The van der Waals surface area contributed by atoms with E-state index >= 15 is 0 Å². The molecule has 2 aromatic carbocycles. The number of nitrogens with two attached hydrogens (primary N) is 2. The molecule has 0 bridgehead atoms. The zero-order valence-electron chi connectivity index (χ0n) is 16.4. The van der Waals surface area contributed by atoms with E-state index in [4.69, 9.17) is 11.5 Å². The van der Waals surface area contributed by atoms with E-state index in [1.165, 1.54) is 11.1 Å². The number of hydrogen-bond acceptors (Lipinski definition) is 6. The van der Waals surface area contributed by atoms with E-state index in [-0.39, 0.29) is 11.9 Å². The Morgan fingerprint density at radius 3 is 1.37 bits per heavy atom. The van der Waals surface area contributed by atoms with Gasteiger partial charge in [-0.15, -0.1) is 0 Å². The zero-order valence-corrected chi connectivity index (χ0v) is 16.4. The van der Waals surface area contributed by atoms with Crippen LogP contribution < -0.4 is 11.5 Å². The van der Waals surface area contributed by atoms with Gasteiger partial charge in [0.15, 0.2) is 0 Å². The van der Waals surface area contributed by atoms with Gasteiger partial charge in [-0.3, -0.25) is 0 Å². The van der Waals surface area contributed by atoms with Crippen LogP contribution >= 0.6 is 0 Å². The third kappa shape index (κ3) is 2.50. The molecule has 4 aromatic rings. The van der Waals surface area contributed by atoms with Gasteiger partial charge in [0, 0.05) is 22.3 Å². The van der Waals surface area contributed by atoms with Crippen LogP contribution in [0.5, 0.6) is 0 Å². The molecule has 30 heavy (non-hydrogen) atoms. The number of aryl methyl sites for hydroxylation is 2. The average Bonchev–Trinajstić information content (AvgIpc) is 2.78. The van der Waals surface area contributed by atoms with Crippen LogP contribution in [0.4, 0.5) is 11.9 Å². The largest absolute Gasteiger partial charge is 0.368 e. The maximum absolute atomic E-state index is 6.17. The standard InChI is InChI=1S/C24H20N6/c25-23-27-19-15-7-3-1-5-13(15)9-11-17(19)21(29-23)22-18-12-10-14-6-2-4-8-16(14)20(18)28-24(26)30-22/h1-8H,9-12H2,(H2,25,27,29)(H2,26,28,30).